The van der Waals surface area contributed by atoms with E-state index in [9.17, 15) is 8.42 Å². The van der Waals surface area contributed by atoms with Gasteiger partial charge in [0.05, 0.1) is 11.4 Å². The second-order valence-electron chi connectivity index (χ2n) is 5.59. The molecule has 0 unspecified atom stereocenters. The highest BCUT2D eigenvalue weighted by Gasteiger charge is 2.26. The average molecular weight is 337 g/mol. The molecule has 0 atom stereocenters. The van der Waals surface area contributed by atoms with E-state index in [1.807, 2.05) is 59.5 Å². The lowest BCUT2D eigenvalue weighted by Crippen LogP contribution is -2.38. The second kappa shape index (κ2) is 5.72. The molecular weight excluding hydrogens is 322 g/mol. The minimum absolute atomic E-state index is 0.0354. The van der Waals surface area contributed by atoms with Crippen LogP contribution in [-0.4, -0.2) is 36.4 Å². The van der Waals surface area contributed by atoms with Crippen LogP contribution in [-0.2, 0) is 10.0 Å². The second-order valence-corrected chi connectivity index (χ2v) is 7.35. The van der Waals surface area contributed by atoms with Gasteiger partial charge in [-0.15, -0.1) is 4.40 Å². The van der Waals surface area contributed by atoms with Crippen molar-refractivity contribution in [3.05, 3.63) is 72.5 Å². The van der Waals surface area contributed by atoms with Gasteiger partial charge in [-0.05, 0) is 29.8 Å². The summed E-state index contributed by atoms with van der Waals surface area (Å²) in [6, 6.07) is 13.9. The molecule has 2 aliphatic rings. The van der Waals surface area contributed by atoms with E-state index in [1.54, 1.807) is 12.3 Å². The van der Waals surface area contributed by atoms with Gasteiger partial charge in [0.1, 0.15) is 5.84 Å². The maximum Gasteiger partial charge on any atom is 0.256 e. The SMILES string of the molecule is O=S1(=O)CCN2C(c3ccc(-c4ccccn4)cc3)=CC=CC2=N1. The van der Waals surface area contributed by atoms with Crippen LogP contribution in [0.5, 0.6) is 0 Å². The van der Waals surface area contributed by atoms with Gasteiger partial charge in [0, 0.05) is 24.0 Å². The van der Waals surface area contributed by atoms with Gasteiger partial charge < -0.3 is 4.90 Å². The lowest BCUT2D eigenvalue weighted by atomic mass is 10.0. The van der Waals surface area contributed by atoms with E-state index < -0.39 is 10.0 Å². The third-order valence-corrected chi connectivity index (χ3v) is 5.18. The fourth-order valence-corrected chi connectivity index (χ4v) is 3.78. The predicted octanol–water partition coefficient (Wildman–Crippen LogP) is 2.70. The van der Waals surface area contributed by atoms with E-state index in [0.29, 0.717) is 12.4 Å². The zero-order chi connectivity index (χ0) is 16.6. The maximum atomic E-state index is 11.7. The number of nitrogens with zero attached hydrogens (tertiary/aromatic N) is 3. The summed E-state index contributed by atoms with van der Waals surface area (Å²) >= 11 is 0. The Labute approximate surface area is 140 Å². The third kappa shape index (κ3) is 2.76. The molecule has 0 aliphatic carbocycles. The van der Waals surface area contributed by atoms with Gasteiger partial charge in [-0.25, -0.2) is 8.42 Å². The van der Waals surface area contributed by atoms with E-state index in [0.717, 1.165) is 22.5 Å². The molecule has 1 aromatic carbocycles. The Morgan fingerprint density at radius 2 is 1.79 bits per heavy atom. The molecular formula is C18H15N3O2S. The third-order valence-electron chi connectivity index (χ3n) is 4.01. The predicted molar refractivity (Wildman–Crippen MR) is 94.7 cm³/mol. The number of pyridine rings is 1. The molecule has 0 fully saturated rings. The van der Waals surface area contributed by atoms with Crippen LogP contribution in [0, 0.1) is 0 Å². The van der Waals surface area contributed by atoms with Crippen LogP contribution in [0.4, 0.5) is 0 Å². The lowest BCUT2D eigenvalue weighted by molar-refractivity contribution is 0.560. The van der Waals surface area contributed by atoms with E-state index in [-0.39, 0.29) is 5.75 Å². The fourth-order valence-electron chi connectivity index (χ4n) is 2.84. The summed E-state index contributed by atoms with van der Waals surface area (Å²) in [6.45, 7) is 0.416. The number of amidine groups is 1. The van der Waals surface area contributed by atoms with Crippen LogP contribution < -0.4 is 0 Å². The van der Waals surface area contributed by atoms with Gasteiger partial charge in [-0.3, -0.25) is 4.98 Å². The van der Waals surface area contributed by atoms with Gasteiger partial charge >= 0.3 is 0 Å². The summed E-state index contributed by atoms with van der Waals surface area (Å²) in [4.78, 5) is 6.29. The fraction of sp³-hybridized carbons (Fsp3) is 0.111. The molecule has 4 rings (SSSR count). The molecule has 0 radical (unpaired) electrons. The number of benzene rings is 1. The Balaban J connectivity index is 1.67. The topological polar surface area (TPSA) is 62.6 Å². The number of hydrogen-bond acceptors (Lipinski definition) is 4. The van der Waals surface area contributed by atoms with E-state index >= 15 is 0 Å². The van der Waals surface area contributed by atoms with E-state index in [1.165, 1.54) is 0 Å². The number of sulfonamides is 1. The quantitative estimate of drug-likeness (QED) is 0.845. The summed E-state index contributed by atoms with van der Waals surface area (Å²) in [5.74, 6) is 0.515. The molecule has 0 spiro atoms. The van der Waals surface area contributed by atoms with Gasteiger partial charge in [-0.1, -0.05) is 36.4 Å². The van der Waals surface area contributed by atoms with Crippen LogP contribution >= 0.6 is 0 Å². The minimum Gasteiger partial charge on any atom is -0.324 e. The Morgan fingerprint density at radius 1 is 1.00 bits per heavy atom. The first kappa shape index (κ1) is 14.8. The number of allylic oxidation sites excluding steroid dienone is 2. The molecule has 2 aliphatic heterocycles. The van der Waals surface area contributed by atoms with Crippen LogP contribution in [0.1, 0.15) is 5.56 Å². The standard InChI is InChI=1S/C18H15N3O2S/c22-24(23)13-12-21-17(5-3-6-18(21)20-24)15-9-7-14(8-10-15)16-4-1-2-11-19-16/h1-11H,12-13H2. The molecule has 0 bridgehead atoms. The summed E-state index contributed by atoms with van der Waals surface area (Å²) in [5.41, 5.74) is 3.94. The number of fused-ring (bicyclic) bond motifs is 1. The monoisotopic (exact) mass is 337 g/mol. The van der Waals surface area contributed by atoms with Crippen molar-refractivity contribution in [2.75, 3.05) is 12.3 Å². The lowest BCUT2D eigenvalue weighted by Gasteiger charge is -2.31. The van der Waals surface area contributed by atoms with Gasteiger partial charge in [0.2, 0.25) is 0 Å². The normalized spacial score (nSPS) is 18.6. The van der Waals surface area contributed by atoms with Crippen LogP contribution in [0.3, 0.4) is 0 Å². The van der Waals surface area contributed by atoms with Crippen molar-refractivity contribution in [3.8, 4) is 11.3 Å². The smallest absolute Gasteiger partial charge is 0.256 e. The van der Waals surface area contributed by atoms with Gasteiger partial charge in [0.25, 0.3) is 10.0 Å². The summed E-state index contributed by atoms with van der Waals surface area (Å²) in [7, 11) is -3.34. The Kier molecular flexibility index (Phi) is 3.54. The van der Waals surface area contributed by atoms with Crippen molar-refractivity contribution in [1.29, 1.82) is 0 Å². The molecule has 24 heavy (non-hydrogen) atoms. The Morgan fingerprint density at radius 3 is 2.54 bits per heavy atom. The average Bonchev–Trinajstić information content (AvgIpc) is 2.61. The zero-order valence-corrected chi connectivity index (χ0v) is 13.6. The molecule has 6 heteroatoms. The summed E-state index contributed by atoms with van der Waals surface area (Å²) < 4.78 is 27.2. The largest absolute Gasteiger partial charge is 0.324 e. The van der Waals surface area contributed by atoms with Gasteiger partial charge in [-0.2, -0.15) is 0 Å². The molecule has 3 heterocycles. The van der Waals surface area contributed by atoms with Crippen LogP contribution in [0.25, 0.3) is 17.0 Å². The molecule has 2 aromatic rings. The highest BCUT2D eigenvalue weighted by molar-refractivity contribution is 7.90. The molecule has 0 amide bonds. The van der Waals surface area contributed by atoms with Crippen molar-refractivity contribution in [1.82, 2.24) is 9.88 Å². The number of hydrogen-bond donors (Lipinski definition) is 0. The minimum atomic E-state index is -3.34. The highest BCUT2D eigenvalue weighted by atomic mass is 32.2. The Hall–Kier alpha value is -2.73. The van der Waals surface area contributed by atoms with Gasteiger partial charge in [0.15, 0.2) is 0 Å². The molecule has 120 valence electrons. The highest BCUT2D eigenvalue weighted by Crippen LogP contribution is 2.27. The van der Waals surface area contributed by atoms with Crippen molar-refractivity contribution >= 4 is 21.6 Å². The molecule has 0 N–H and O–H groups in total. The molecule has 5 nitrogen and oxygen atoms in total. The maximum absolute atomic E-state index is 11.7. The van der Waals surface area contributed by atoms with Crippen LogP contribution in [0.15, 0.2) is 71.3 Å². The van der Waals surface area contributed by atoms with Crippen molar-refractivity contribution in [2.45, 2.75) is 0 Å². The van der Waals surface area contributed by atoms with Crippen LogP contribution in [0.2, 0.25) is 0 Å². The van der Waals surface area contributed by atoms with Crippen molar-refractivity contribution in [3.63, 3.8) is 0 Å². The van der Waals surface area contributed by atoms with E-state index in [4.69, 9.17) is 0 Å². The van der Waals surface area contributed by atoms with Crippen molar-refractivity contribution in [2.24, 2.45) is 4.40 Å². The molecule has 0 saturated carbocycles. The number of aromatic nitrogens is 1. The molecule has 1 aromatic heterocycles. The first-order valence-electron chi connectivity index (χ1n) is 7.63. The summed E-state index contributed by atoms with van der Waals surface area (Å²) in [6.07, 6.45) is 7.31. The summed E-state index contributed by atoms with van der Waals surface area (Å²) in [5, 5.41) is 0. The Bertz CT molecular complexity index is 959. The van der Waals surface area contributed by atoms with E-state index in [2.05, 4.69) is 9.38 Å². The molecule has 0 saturated heterocycles. The zero-order valence-electron chi connectivity index (χ0n) is 12.8. The number of rotatable bonds is 2. The first-order valence-corrected chi connectivity index (χ1v) is 9.24. The first-order chi connectivity index (χ1) is 11.6. The van der Waals surface area contributed by atoms with Crippen molar-refractivity contribution < 1.29 is 8.42 Å².